The second-order valence-corrected chi connectivity index (χ2v) is 2.63. The van der Waals surface area contributed by atoms with E-state index in [1.165, 1.54) is 0 Å². The standard InChI is InChI=1S/C7H15N2O/c1-7(2)5-8-3-4-9-6-10/h7-8H,3-5H2,1-2H3,(H,9,10). The third kappa shape index (κ3) is 7.43. The van der Waals surface area contributed by atoms with Crippen LogP contribution in [0.4, 0.5) is 0 Å². The summed E-state index contributed by atoms with van der Waals surface area (Å²) >= 11 is 0. The number of rotatable bonds is 6. The lowest BCUT2D eigenvalue weighted by Crippen LogP contribution is -2.28. The molecule has 59 valence electrons. The summed E-state index contributed by atoms with van der Waals surface area (Å²) in [6.45, 7) is 6.78. The van der Waals surface area contributed by atoms with E-state index in [9.17, 15) is 4.79 Å². The predicted molar refractivity (Wildman–Crippen MR) is 41.4 cm³/mol. The Morgan fingerprint density at radius 1 is 1.40 bits per heavy atom. The first kappa shape index (κ1) is 9.43. The molecule has 0 aromatic carbocycles. The highest BCUT2D eigenvalue weighted by atomic mass is 16.1. The van der Waals surface area contributed by atoms with E-state index in [-0.39, 0.29) is 0 Å². The normalized spacial score (nSPS) is 9.90. The van der Waals surface area contributed by atoms with Gasteiger partial charge in [0.15, 0.2) is 0 Å². The van der Waals surface area contributed by atoms with Crippen molar-refractivity contribution in [1.82, 2.24) is 10.6 Å². The molecule has 0 aliphatic carbocycles. The lowest BCUT2D eigenvalue weighted by molar-refractivity contribution is 0.527. The smallest absolute Gasteiger partial charge is 0.309 e. The van der Waals surface area contributed by atoms with Gasteiger partial charge in [0.1, 0.15) is 0 Å². The molecule has 1 amide bonds. The molecule has 0 unspecified atom stereocenters. The summed E-state index contributed by atoms with van der Waals surface area (Å²) in [6, 6.07) is 0. The van der Waals surface area contributed by atoms with Crippen LogP contribution in [0, 0.1) is 5.92 Å². The van der Waals surface area contributed by atoms with E-state index >= 15 is 0 Å². The monoisotopic (exact) mass is 143 g/mol. The highest BCUT2D eigenvalue weighted by Crippen LogP contribution is 1.85. The van der Waals surface area contributed by atoms with Crippen LogP contribution >= 0.6 is 0 Å². The zero-order chi connectivity index (χ0) is 7.82. The molecule has 0 aromatic heterocycles. The maximum absolute atomic E-state index is 9.64. The van der Waals surface area contributed by atoms with Crippen molar-refractivity contribution < 1.29 is 4.79 Å². The fourth-order valence-electron chi connectivity index (χ4n) is 0.593. The van der Waals surface area contributed by atoms with Gasteiger partial charge in [-0.2, -0.15) is 0 Å². The maximum atomic E-state index is 9.64. The van der Waals surface area contributed by atoms with Crippen molar-refractivity contribution in [3.05, 3.63) is 0 Å². The van der Waals surface area contributed by atoms with Gasteiger partial charge in [0.05, 0.1) is 0 Å². The van der Waals surface area contributed by atoms with Crippen LogP contribution in [0.1, 0.15) is 13.8 Å². The van der Waals surface area contributed by atoms with Crippen LogP contribution in [-0.4, -0.2) is 26.0 Å². The molecule has 0 spiro atoms. The molecule has 0 fully saturated rings. The summed E-state index contributed by atoms with van der Waals surface area (Å²) < 4.78 is 0. The van der Waals surface area contributed by atoms with Crippen LogP contribution in [0.15, 0.2) is 0 Å². The van der Waals surface area contributed by atoms with E-state index in [1.807, 2.05) is 0 Å². The molecule has 0 heterocycles. The average molecular weight is 143 g/mol. The van der Waals surface area contributed by atoms with E-state index in [1.54, 1.807) is 6.41 Å². The Labute approximate surface area is 62.2 Å². The van der Waals surface area contributed by atoms with Gasteiger partial charge < -0.3 is 10.6 Å². The highest BCUT2D eigenvalue weighted by molar-refractivity contribution is 5.46. The van der Waals surface area contributed by atoms with Gasteiger partial charge in [-0.25, -0.2) is 0 Å². The first-order valence-electron chi connectivity index (χ1n) is 3.58. The molecular weight excluding hydrogens is 128 g/mol. The molecular formula is C7H15N2O. The number of hydrogen-bond acceptors (Lipinski definition) is 2. The lowest BCUT2D eigenvalue weighted by atomic mass is 10.2. The molecule has 0 rings (SSSR count). The van der Waals surface area contributed by atoms with E-state index < -0.39 is 0 Å². The molecule has 0 aromatic rings. The largest absolute Gasteiger partial charge is 0.347 e. The van der Waals surface area contributed by atoms with Crippen molar-refractivity contribution in [2.75, 3.05) is 19.6 Å². The third-order valence-corrected chi connectivity index (χ3v) is 1.05. The second-order valence-electron chi connectivity index (χ2n) is 2.63. The van der Waals surface area contributed by atoms with Gasteiger partial charge in [-0.1, -0.05) is 13.8 Å². The third-order valence-electron chi connectivity index (χ3n) is 1.05. The molecule has 0 bridgehead atoms. The van der Waals surface area contributed by atoms with E-state index in [4.69, 9.17) is 0 Å². The maximum Gasteiger partial charge on any atom is 0.309 e. The van der Waals surface area contributed by atoms with Gasteiger partial charge in [0.25, 0.3) is 0 Å². The van der Waals surface area contributed by atoms with Crippen molar-refractivity contribution in [3.8, 4) is 0 Å². The Morgan fingerprint density at radius 3 is 2.60 bits per heavy atom. The predicted octanol–water partition coefficient (Wildman–Crippen LogP) is -0.111. The van der Waals surface area contributed by atoms with Crippen molar-refractivity contribution >= 4 is 6.41 Å². The fraction of sp³-hybridized carbons (Fsp3) is 0.857. The minimum atomic E-state index is 0.663. The molecule has 0 saturated heterocycles. The summed E-state index contributed by atoms with van der Waals surface area (Å²) in [7, 11) is 0. The van der Waals surface area contributed by atoms with Crippen LogP contribution in [0.2, 0.25) is 0 Å². The summed E-state index contributed by atoms with van der Waals surface area (Å²) in [6.07, 6.45) is 1.62. The molecule has 0 atom stereocenters. The van der Waals surface area contributed by atoms with Crippen molar-refractivity contribution in [1.29, 1.82) is 0 Å². The van der Waals surface area contributed by atoms with Crippen molar-refractivity contribution in [3.63, 3.8) is 0 Å². The van der Waals surface area contributed by atoms with Crippen LogP contribution in [0.3, 0.4) is 0 Å². The summed E-state index contributed by atoms with van der Waals surface area (Å²) in [4.78, 5) is 9.64. The summed E-state index contributed by atoms with van der Waals surface area (Å²) in [5.41, 5.74) is 0. The molecule has 1 radical (unpaired) electrons. The van der Waals surface area contributed by atoms with Gasteiger partial charge >= 0.3 is 6.41 Å². The van der Waals surface area contributed by atoms with E-state index in [2.05, 4.69) is 24.5 Å². The molecule has 0 saturated carbocycles. The Kier molecular flexibility index (Phi) is 6.18. The van der Waals surface area contributed by atoms with Crippen LogP contribution in [0.5, 0.6) is 0 Å². The van der Waals surface area contributed by atoms with E-state index in [0.29, 0.717) is 12.5 Å². The van der Waals surface area contributed by atoms with Crippen LogP contribution in [-0.2, 0) is 4.79 Å². The molecule has 0 aliphatic heterocycles. The van der Waals surface area contributed by atoms with Gasteiger partial charge in [0, 0.05) is 13.1 Å². The van der Waals surface area contributed by atoms with Crippen LogP contribution in [0.25, 0.3) is 0 Å². The van der Waals surface area contributed by atoms with Gasteiger partial charge in [0.2, 0.25) is 0 Å². The average Bonchev–Trinajstić information content (AvgIpc) is 1.87. The first-order valence-corrected chi connectivity index (χ1v) is 3.58. The van der Waals surface area contributed by atoms with Gasteiger partial charge in [-0.15, -0.1) is 0 Å². The Hall–Kier alpha value is -0.570. The van der Waals surface area contributed by atoms with Crippen molar-refractivity contribution in [2.45, 2.75) is 13.8 Å². The molecule has 0 aliphatic rings. The second kappa shape index (κ2) is 6.55. The number of nitrogens with one attached hydrogen (secondary N) is 2. The quantitative estimate of drug-likeness (QED) is 0.402. The highest BCUT2D eigenvalue weighted by Gasteiger charge is 1.90. The van der Waals surface area contributed by atoms with Gasteiger partial charge in [-0.05, 0) is 12.5 Å². The van der Waals surface area contributed by atoms with Gasteiger partial charge in [-0.3, -0.25) is 4.79 Å². The zero-order valence-electron chi connectivity index (χ0n) is 6.61. The van der Waals surface area contributed by atoms with Crippen molar-refractivity contribution in [2.24, 2.45) is 5.92 Å². The summed E-state index contributed by atoms with van der Waals surface area (Å²) in [5, 5.41) is 5.63. The Morgan fingerprint density at radius 2 is 2.10 bits per heavy atom. The lowest BCUT2D eigenvalue weighted by Gasteiger charge is -2.05. The Bertz CT molecular complexity index is 83.7. The zero-order valence-corrected chi connectivity index (χ0v) is 6.61. The minimum Gasteiger partial charge on any atom is -0.347 e. The SMILES string of the molecule is CC(C)CNCCN[C]=O. The van der Waals surface area contributed by atoms with E-state index in [0.717, 1.165) is 13.1 Å². The molecule has 2 N–H and O–H groups in total. The topological polar surface area (TPSA) is 41.1 Å². The van der Waals surface area contributed by atoms with Crippen LogP contribution < -0.4 is 10.6 Å². The first-order chi connectivity index (χ1) is 4.77. The summed E-state index contributed by atoms with van der Waals surface area (Å²) in [5.74, 6) is 0.667. The number of carbonyl (C=O) groups excluding carboxylic acids is 1. The minimum absolute atomic E-state index is 0.663. The fourth-order valence-corrected chi connectivity index (χ4v) is 0.593. The molecule has 3 nitrogen and oxygen atoms in total. The number of amides is 1. The Balaban J connectivity index is 2.83. The number of hydrogen-bond donors (Lipinski definition) is 2. The molecule has 3 heteroatoms. The molecule has 10 heavy (non-hydrogen) atoms.